The minimum atomic E-state index is 0. The van der Waals surface area contributed by atoms with Gasteiger partial charge in [-0.1, -0.05) is 93.6 Å². The van der Waals surface area contributed by atoms with Gasteiger partial charge >= 0.3 is 0 Å². The highest BCUT2D eigenvalue weighted by molar-refractivity contribution is 5.96. The molecule has 0 radical (unpaired) electrons. The second-order valence-corrected chi connectivity index (χ2v) is 10.9. The molecule has 1 aliphatic heterocycles. The summed E-state index contributed by atoms with van der Waals surface area (Å²) in [6.45, 7) is 9.16. The molecule has 0 aliphatic carbocycles. The zero-order valence-electron chi connectivity index (χ0n) is 22.6. The number of carbonyl (C=O) groups excluding carboxylic acids is 1. The standard InChI is InChI=1S/C33H39NO2.ClH/c1-33(2,3)27-20-18-25(19-21-27)31(35)16-9-10-22-34(4)23-11-15-29-28-13-6-5-12-26(28)24-36-32-17-8-7-14-30(29)32;/h5-8,12-15,17-21H,9-11,16,22-24H2,1-4H3;1H. The van der Waals surface area contributed by atoms with Gasteiger partial charge in [-0.3, -0.25) is 4.79 Å². The molecule has 37 heavy (non-hydrogen) atoms. The van der Waals surface area contributed by atoms with Crippen LogP contribution in [0.4, 0.5) is 0 Å². The van der Waals surface area contributed by atoms with Crippen LogP contribution in [0.15, 0.2) is 78.9 Å². The van der Waals surface area contributed by atoms with Crippen molar-refractivity contribution < 1.29 is 9.53 Å². The maximum absolute atomic E-state index is 12.6. The summed E-state index contributed by atoms with van der Waals surface area (Å²) in [6.07, 6.45) is 5.88. The van der Waals surface area contributed by atoms with Crippen LogP contribution in [0.25, 0.3) is 5.57 Å². The summed E-state index contributed by atoms with van der Waals surface area (Å²) in [4.78, 5) is 15.0. The monoisotopic (exact) mass is 517 g/mol. The van der Waals surface area contributed by atoms with Crippen molar-refractivity contribution in [3.8, 4) is 5.75 Å². The van der Waals surface area contributed by atoms with Gasteiger partial charge in [0.05, 0.1) is 0 Å². The van der Waals surface area contributed by atoms with Gasteiger partial charge < -0.3 is 9.64 Å². The molecule has 0 aromatic heterocycles. The topological polar surface area (TPSA) is 29.5 Å². The minimum Gasteiger partial charge on any atom is -0.488 e. The number of benzene rings is 3. The molecule has 1 aliphatic rings. The van der Waals surface area contributed by atoms with Crippen molar-refractivity contribution in [1.29, 1.82) is 0 Å². The number of fused-ring (bicyclic) bond motifs is 2. The Kier molecular flexibility index (Phi) is 10.1. The predicted octanol–water partition coefficient (Wildman–Crippen LogP) is 8.11. The molecule has 0 saturated carbocycles. The maximum Gasteiger partial charge on any atom is 0.162 e. The molecule has 0 N–H and O–H groups in total. The van der Waals surface area contributed by atoms with Gasteiger partial charge in [0.25, 0.3) is 0 Å². The summed E-state index contributed by atoms with van der Waals surface area (Å²) >= 11 is 0. The molecule has 0 fully saturated rings. The summed E-state index contributed by atoms with van der Waals surface area (Å²) in [5, 5.41) is 0. The Morgan fingerprint density at radius 3 is 2.30 bits per heavy atom. The smallest absolute Gasteiger partial charge is 0.162 e. The lowest BCUT2D eigenvalue weighted by Crippen LogP contribution is -2.20. The SMILES string of the molecule is CN(CCC=C1c2ccccc2COc2ccccc21)CCCCC(=O)c1ccc(C(C)(C)C)cc1.Cl. The van der Waals surface area contributed by atoms with E-state index in [1.807, 2.05) is 18.2 Å². The van der Waals surface area contributed by atoms with E-state index in [1.165, 1.54) is 27.8 Å². The van der Waals surface area contributed by atoms with Gasteiger partial charge in [0.2, 0.25) is 0 Å². The van der Waals surface area contributed by atoms with Gasteiger partial charge in [-0.15, -0.1) is 12.4 Å². The number of hydrogen-bond donors (Lipinski definition) is 0. The van der Waals surface area contributed by atoms with E-state index in [2.05, 4.69) is 93.4 Å². The molecule has 196 valence electrons. The third kappa shape index (κ3) is 7.56. The van der Waals surface area contributed by atoms with Gasteiger partial charge in [-0.2, -0.15) is 0 Å². The van der Waals surface area contributed by atoms with E-state index in [0.29, 0.717) is 13.0 Å². The number of Topliss-reactive ketones (excluding diaryl/α,β-unsaturated/α-hetero) is 1. The van der Waals surface area contributed by atoms with Crippen LogP contribution in [-0.4, -0.2) is 30.8 Å². The average molecular weight is 518 g/mol. The van der Waals surface area contributed by atoms with E-state index in [-0.39, 0.29) is 23.6 Å². The fourth-order valence-electron chi connectivity index (χ4n) is 4.75. The van der Waals surface area contributed by atoms with Crippen LogP contribution in [0.5, 0.6) is 5.75 Å². The molecule has 4 rings (SSSR count). The summed E-state index contributed by atoms with van der Waals surface area (Å²) < 4.78 is 6.09. The molecule has 0 spiro atoms. The van der Waals surface area contributed by atoms with Gasteiger partial charge in [0, 0.05) is 24.1 Å². The first-order valence-corrected chi connectivity index (χ1v) is 13.2. The lowest BCUT2D eigenvalue weighted by atomic mass is 9.86. The predicted molar refractivity (Wildman–Crippen MR) is 157 cm³/mol. The minimum absolute atomic E-state index is 0. The van der Waals surface area contributed by atoms with Crippen molar-refractivity contribution in [3.63, 3.8) is 0 Å². The van der Waals surface area contributed by atoms with Gasteiger partial charge in [0.1, 0.15) is 12.4 Å². The van der Waals surface area contributed by atoms with E-state index in [1.54, 1.807) is 0 Å². The number of halogens is 1. The molecule has 3 nitrogen and oxygen atoms in total. The summed E-state index contributed by atoms with van der Waals surface area (Å²) in [5.41, 5.74) is 7.12. The Balaban J connectivity index is 0.00000380. The fourth-order valence-corrected chi connectivity index (χ4v) is 4.75. The number of ketones is 1. The molecule has 0 bridgehead atoms. The number of nitrogens with zero attached hydrogens (tertiary/aromatic N) is 1. The van der Waals surface area contributed by atoms with Crippen molar-refractivity contribution in [2.24, 2.45) is 0 Å². The van der Waals surface area contributed by atoms with Crippen molar-refractivity contribution in [3.05, 3.63) is 107 Å². The van der Waals surface area contributed by atoms with Crippen LogP contribution >= 0.6 is 12.4 Å². The van der Waals surface area contributed by atoms with Crippen LogP contribution in [0.1, 0.15) is 79.1 Å². The highest BCUT2D eigenvalue weighted by atomic mass is 35.5. The summed E-state index contributed by atoms with van der Waals surface area (Å²) in [7, 11) is 2.17. The first-order valence-electron chi connectivity index (χ1n) is 13.2. The highest BCUT2D eigenvalue weighted by Gasteiger charge is 2.18. The van der Waals surface area contributed by atoms with E-state index >= 15 is 0 Å². The molecule has 0 atom stereocenters. The number of hydrogen-bond acceptors (Lipinski definition) is 3. The summed E-state index contributed by atoms with van der Waals surface area (Å²) in [5.74, 6) is 1.20. The van der Waals surface area contributed by atoms with E-state index in [9.17, 15) is 4.79 Å². The molecular formula is C33H40ClNO2. The largest absolute Gasteiger partial charge is 0.488 e. The van der Waals surface area contributed by atoms with Gasteiger partial charge in [0.15, 0.2) is 5.78 Å². The number of unbranched alkanes of at least 4 members (excludes halogenated alkanes) is 1. The van der Waals surface area contributed by atoms with Crippen LogP contribution in [0.2, 0.25) is 0 Å². The molecule has 0 saturated heterocycles. The fraction of sp³-hybridized carbons (Fsp3) is 0.364. The molecule has 1 heterocycles. The second-order valence-electron chi connectivity index (χ2n) is 10.9. The lowest BCUT2D eigenvalue weighted by molar-refractivity contribution is 0.0978. The second kappa shape index (κ2) is 13.1. The zero-order valence-corrected chi connectivity index (χ0v) is 23.4. The van der Waals surface area contributed by atoms with Crippen LogP contribution in [0.3, 0.4) is 0 Å². The van der Waals surface area contributed by atoms with Crippen molar-refractivity contribution in [2.75, 3.05) is 20.1 Å². The third-order valence-corrected chi connectivity index (χ3v) is 6.99. The molecule has 0 unspecified atom stereocenters. The van der Waals surface area contributed by atoms with E-state index in [0.717, 1.165) is 43.7 Å². The summed E-state index contributed by atoms with van der Waals surface area (Å²) in [6, 6.07) is 25.0. The Morgan fingerprint density at radius 2 is 1.57 bits per heavy atom. The Labute approximate surface area is 229 Å². The first-order chi connectivity index (χ1) is 17.3. The van der Waals surface area contributed by atoms with Gasteiger partial charge in [-0.05, 0) is 66.6 Å². The molecule has 3 aromatic rings. The zero-order chi connectivity index (χ0) is 25.5. The molecular weight excluding hydrogens is 478 g/mol. The van der Waals surface area contributed by atoms with Gasteiger partial charge in [-0.25, -0.2) is 0 Å². The first kappa shape index (κ1) is 28.7. The van der Waals surface area contributed by atoms with Crippen LogP contribution in [-0.2, 0) is 12.0 Å². The van der Waals surface area contributed by atoms with E-state index < -0.39 is 0 Å². The Morgan fingerprint density at radius 1 is 0.892 bits per heavy atom. The molecule has 4 heteroatoms. The number of rotatable bonds is 9. The van der Waals surface area contributed by atoms with Crippen molar-refractivity contribution in [2.45, 2.75) is 58.5 Å². The van der Waals surface area contributed by atoms with Crippen molar-refractivity contribution in [1.82, 2.24) is 4.90 Å². The van der Waals surface area contributed by atoms with E-state index in [4.69, 9.17) is 4.74 Å². The van der Waals surface area contributed by atoms with Crippen molar-refractivity contribution >= 4 is 23.8 Å². The normalized spacial score (nSPS) is 13.8. The Bertz CT molecular complexity index is 1160. The number of carbonyl (C=O) groups is 1. The number of para-hydroxylation sites is 1. The third-order valence-electron chi connectivity index (χ3n) is 6.99. The highest BCUT2D eigenvalue weighted by Crippen LogP contribution is 2.36. The quantitative estimate of drug-likeness (QED) is 0.212. The van der Waals surface area contributed by atoms with Crippen LogP contribution < -0.4 is 4.74 Å². The lowest BCUT2D eigenvalue weighted by Gasteiger charge is -2.19. The Hall–Kier alpha value is -2.88. The molecule has 0 amide bonds. The average Bonchev–Trinajstić information content (AvgIpc) is 3.03. The van der Waals surface area contributed by atoms with Crippen LogP contribution in [0, 0.1) is 0 Å². The molecule has 3 aromatic carbocycles. The number of ether oxygens (including phenoxy) is 1. The maximum atomic E-state index is 12.6.